The van der Waals surface area contributed by atoms with Crippen LogP contribution in [0.5, 0.6) is 5.75 Å². The summed E-state index contributed by atoms with van der Waals surface area (Å²) < 4.78 is 11.2. The van der Waals surface area contributed by atoms with Crippen molar-refractivity contribution in [2.75, 3.05) is 17.2 Å². The van der Waals surface area contributed by atoms with Crippen molar-refractivity contribution in [3.05, 3.63) is 75.2 Å². The lowest BCUT2D eigenvalue weighted by Crippen LogP contribution is -2.31. The number of fused-ring (bicyclic) bond motifs is 1. The van der Waals surface area contributed by atoms with Gasteiger partial charge in [0.1, 0.15) is 10.8 Å². The molecule has 40 heavy (non-hydrogen) atoms. The van der Waals surface area contributed by atoms with Gasteiger partial charge in [-0.1, -0.05) is 39.0 Å². The summed E-state index contributed by atoms with van der Waals surface area (Å²) in [5.41, 5.74) is 4.93. The van der Waals surface area contributed by atoms with E-state index in [0.717, 1.165) is 59.4 Å². The molecule has 212 valence electrons. The van der Waals surface area contributed by atoms with Crippen molar-refractivity contribution in [3.63, 3.8) is 0 Å². The van der Waals surface area contributed by atoms with Gasteiger partial charge in [0.25, 0.3) is 11.8 Å². The quantitative estimate of drug-likeness (QED) is 0.264. The third-order valence-electron chi connectivity index (χ3n) is 7.26. The van der Waals surface area contributed by atoms with Crippen LogP contribution >= 0.6 is 11.3 Å². The van der Waals surface area contributed by atoms with Gasteiger partial charge in [-0.15, -0.1) is 11.3 Å². The van der Waals surface area contributed by atoms with E-state index in [1.165, 1.54) is 11.3 Å². The standard InChI is InChI=1S/C32H38N2O5S/c1-6-21-10-9-11-22(7-2)28(21)33-29(35)20(5)39-24-15-13-23(14-16-24)30(36)34-31-27(32(37)38-8-3)25-17-12-19(4)18-26(25)40-31/h9-11,13-16,19-20H,6-8,12,17-18H2,1-5H3,(H,33,35)(H,34,36)/t19-,20-/m0/s1. The summed E-state index contributed by atoms with van der Waals surface area (Å²) in [5.74, 6) is 0.0644. The minimum absolute atomic E-state index is 0.236. The predicted molar refractivity (Wildman–Crippen MR) is 160 cm³/mol. The van der Waals surface area contributed by atoms with Crippen LogP contribution in [-0.4, -0.2) is 30.5 Å². The average Bonchev–Trinajstić information content (AvgIpc) is 3.30. The first-order valence-electron chi connectivity index (χ1n) is 14.1. The number of carbonyl (C=O) groups is 3. The van der Waals surface area contributed by atoms with Gasteiger partial charge in [-0.25, -0.2) is 4.79 Å². The molecule has 3 aromatic rings. The molecule has 7 nitrogen and oxygen atoms in total. The fourth-order valence-electron chi connectivity index (χ4n) is 5.00. The number of rotatable bonds is 10. The first-order valence-corrected chi connectivity index (χ1v) is 14.9. The molecule has 1 aliphatic carbocycles. The van der Waals surface area contributed by atoms with Crippen LogP contribution in [0.4, 0.5) is 10.7 Å². The Balaban J connectivity index is 1.43. The van der Waals surface area contributed by atoms with Crippen LogP contribution in [0.15, 0.2) is 42.5 Å². The predicted octanol–water partition coefficient (Wildman–Crippen LogP) is 6.83. The highest BCUT2D eigenvalue weighted by Gasteiger charge is 2.29. The van der Waals surface area contributed by atoms with Crippen LogP contribution in [0.25, 0.3) is 0 Å². The second-order valence-electron chi connectivity index (χ2n) is 10.2. The Morgan fingerprint density at radius 1 is 1.00 bits per heavy atom. The van der Waals surface area contributed by atoms with E-state index >= 15 is 0 Å². The van der Waals surface area contributed by atoms with E-state index in [1.807, 2.05) is 18.2 Å². The van der Waals surface area contributed by atoms with Crippen molar-refractivity contribution in [2.24, 2.45) is 5.92 Å². The zero-order valence-electron chi connectivity index (χ0n) is 23.9. The number of para-hydroxylation sites is 1. The van der Waals surface area contributed by atoms with E-state index in [2.05, 4.69) is 31.4 Å². The monoisotopic (exact) mass is 562 g/mol. The normalized spacial score (nSPS) is 15.1. The van der Waals surface area contributed by atoms with Crippen LogP contribution in [0.1, 0.15) is 83.3 Å². The summed E-state index contributed by atoms with van der Waals surface area (Å²) in [4.78, 5) is 40.0. The summed E-state index contributed by atoms with van der Waals surface area (Å²) in [7, 11) is 0. The van der Waals surface area contributed by atoms with Gasteiger partial charge in [0.15, 0.2) is 6.10 Å². The molecule has 0 radical (unpaired) electrons. The molecule has 0 saturated carbocycles. The van der Waals surface area contributed by atoms with Crippen molar-refractivity contribution in [3.8, 4) is 5.75 Å². The Morgan fingerprint density at radius 2 is 1.68 bits per heavy atom. The highest BCUT2D eigenvalue weighted by molar-refractivity contribution is 7.17. The molecular formula is C32H38N2O5S. The Hall–Kier alpha value is -3.65. The summed E-state index contributed by atoms with van der Waals surface area (Å²) in [6.45, 7) is 10.1. The Kier molecular flexibility index (Phi) is 9.63. The van der Waals surface area contributed by atoms with E-state index in [0.29, 0.717) is 27.8 Å². The lowest BCUT2D eigenvalue weighted by Gasteiger charge is -2.18. The first kappa shape index (κ1) is 29.3. The maximum Gasteiger partial charge on any atom is 0.341 e. The number of anilines is 2. The van der Waals surface area contributed by atoms with E-state index < -0.39 is 12.1 Å². The van der Waals surface area contributed by atoms with Crippen molar-refractivity contribution in [1.29, 1.82) is 0 Å². The van der Waals surface area contributed by atoms with E-state index in [1.54, 1.807) is 38.1 Å². The van der Waals surface area contributed by atoms with Crippen molar-refractivity contribution in [1.82, 2.24) is 0 Å². The van der Waals surface area contributed by atoms with Gasteiger partial charge >= 0.3 is 5.97 Å². The van der Waals surface area contributed by atoms with Crippen LogP contribution in [0.2, 0.25) is 0 Å². The number of thiophene rings is 1. The van der Waals surface area contributed by atoms with Gasteiger partial charge in [-0.05, 0) is 92.8 Å². The fourth-order valence-corrected chi connectivity index (χ4v) is 6.40. The van der Waals surface area contributed by atoms with E-state index in [-0.39, 0.29) is 18.4 Å². The molecule has 0 aliphatic heterocycles. The molecule has 4 rings (SSSR count). The Morgan fingerprint density at radius 3 is 2.30 bits per heavy atom. The van der Waals surface area contributed by atoms with Crippen molar-refractivity contribution in [2.45, 2.75) is 72.8 Å². The zero-order valence-corrected chi connectivity index (χ0v) is 24.7. The molecule has 8 heteroatoms. The number of hydrogen-bond acceptors (Lipinski definition) is 6. The summed E-state index contributed by atoms with van der Waals surface area (Å²) in [6.07, 6.45) is 3.60. The number of ether oxygens (including phenoxy) is 2. The van der Waals surface area contributed by atoms with Gasteiger partial charge in [-0.2, -0.15) is 0 Å². The third kappa shape index (κ3) is 6.55. The average molecular weight is 563 g/mol. The summed E-state index contributed by atoms with van der Waals surface area (Å²) >= 11 is 1.46. The van der Waals surface area contributed by atoms with Crippen LogP contribution in [-0.2, 0) is 35.2 Å². The summed E-state index contributed by atoms with van der Waals surface area (Å²) in [6, 6.07) is 12.7. The molecule has 0 spiro atoms. The van der Waals surface area contributed by atoms with Crippen LogP contribution in [0, 0.1) is 5.92 Å². The minimum atomic E-state index is -0.735. The van der Waals surface area contributed by atoms with Crippen molar-refractivity contribution < 1.29 is 23.9 Å². The Bertz CT molecular complexity index is 1360. The smallest absolute Gasteiger partial charge is 0.341 e. The highest BCUT2D eigenvalue weighted by Crippen LogP contribution is 2.40. The number of benzene rings is 2. The molecule has 2 atom stereocenters. The Labute approximate surface area is 240 Å². The van der Waals surface area contributed by atoms with Crippen LogP contribution < -0.4 is 15.4 Å². The van der Waals surface area contributed by atoms with E-state index in [9.17, 15) is 14.4 Å². The molecule has 1 heterocycles. The maximum atomic E-state index is 13.1. The second kappa shape index (κ2) is 13.1. The molecule has 2 aromatic carbocycles. The molecule has 0 bridgehead atoms. The van der Waals surface area contributed by atoms with Gasteiger partial charge in [-0.3, -0.25) is 9.59 Å². The van der Waals surface area contributed by atoms with E-state index in [4.69, 9.17) is 9.47 Å². The highest BCUT2D eigenvalue weighted by atomic mass is 32.1. The number of amides is 2. The zero-order chi connectivity index (χ0) is 28.8. The van der Waals surface area contributed by atoms with Crippen LogP contribution in [0.3, 0.4) is 0 Å². The van der Waals surface area contributed by atoms with Gasteiger partial charge < -0.3 is 20.1 Å². The number of esters is 1. The minimum Gasteiger partial charge on any atom is -0.481 e. The lowest BCUT2D eigenvalue weighted by atomic mass is 9.88. The fraction of sp³-hybridized carbons (Fsp3) is 0.406. The second-order valence-corrected chi connectivity index (χ2v) is 11.3. The van der Waals surface area contributed by atoms with Gasteiger partial charge in [0, 0.05) is 16.1 Å². The molecular weight excluding hydrogens is 524 g/mol. The summed E-state index contributed by atoms with van der Waals surface area (Å²) in [5, 5.41) is 6.51. The third-order valence-corrected chi connectivity index (χ3v) is 8.43. The largest absolute Gasteiger partial charge is 0.481 e. The lowest BCUT2D eigenvalue weighted by molar-refractivity contribution is -0.122. The molecule has 0 unspecified atom stereocenters. The topological polar surface area (TPSA) is 93.7 Å². The number of aryl methyl sites for hydroxylation is 2. The van der Waals surface area contributed by atoms with Gasteiger partial charge in [0.05, 0.1) is 12.2 Å². The number of carbonyl (C=O) groups excluding carboxylic acids is 3. The number of nitrogens with one attached hydrogen (secondary N) is 2. The maximum absolute atomic E-state index is 13.1. The SMILES string of the molecule is CCOC(=O)c1c(NC(=O)c2ccc(O[C@@H](C)C(=O)Nc3c(CC)cccc3CC)cc2)sc2c1CC[C@H](C)C2. The number of hydrogen-bond donors (Lipinski definition) is 2. The molecule has 0 fully saturated rings. The molecule has 2 N–H and O–H groups in total. The first-order chi connectivity index (χ1) is 19.2. The molecule has 1 aliphatic rings. The molecule has 1 aromatic heterocycles. The van der Waals surface area contributed by atoms with Gasteiger partial charge in [0.2, 0.25) is 0 Å². The molecule has 2 amide bonds. The van der Waals surface area contributed by atoms with Crippen molar-refractivity contribution >= 4 is 39.8 Å². The molecule has 0 saturated heterocycles.